The molecular formula is C29H26F2N2O7S. The fraction of sp³-hybridized carbons (Fsp3) is 0.276. The molecule has 0 aromatic heterocycles. The van der Waals surface area contributed by atoms with Gasteiger partial charge in [0.1, 0.15) is 17.5 Å². The van der Waals surface area contributed by atoms with E-state index >= 15 is 4.39 Å². The maximum Gasteiger partial charge on any atom is 0.310 e. The normalized spacial score (nSPS) is 16.8. The topological polar surface area (TPSA) is 110 Å². The van der Waals surface area contributed by atoms with Gasteiger partial charge in [-0.15, -0.1) is 0 Å². The summed E-state index contributed by atoms with van der Waals surface area (Å²) < 4.78 is 68.6. The van der Waals surface area contributed by atoms with Gasteiger partial charge in [0.2, 0.25) is 0 Å². The molecule has 9 nitrogen and oxygen atoms in total. The zero-order valence-corrected chi connectivity index (χ0v) is 23.2. The van der Waals surface area contributed by atoms with Crippen LogP contribution in [0, 0.1) is 11.6 Å². The van der Waals surface area contributed by atoms with E-state index in [4.69, 9.17) is 9.47 Å². The highest BCUT2D eigenvalue weighted by atomic mass is 32.2. The van der Waals surface area contributed by atoms with Gasteiger partial charge in [0.05, 0.1) is 41.2 Å². The first-order valence-corrected chi connectivity index (χ1v) is 14.1. The lowest BCUT2D eigenvalue weighted by atomic mass is 10.1. The molecule has 214 valence electrons. The van der Waals surface area contributed by atoms with E-state index in [2.05, 4.69) is 0 Å². The maximum atomic E-state index is 15.5. The highest BCUT2D eigenvalue weighted by molar-refractivity contribution is 7.92. The molecule has 3 aromatic carbocycles. The lowest BCUT2D eigenvalue weighted by Gasteiger charge is -2.37. The van der Waals surface area contributed by atoms with Crippen molar-refractivity contribution >= 4 is 33.5 Å². The Bertz CT molecular complexity index is 1630. The van der Waals surface area contributed by atoms with Crippen LogP contribution >= 0.6 is 0 Å². The van der Waals surface area contributed by atoms with Gasteiger partial charge in [0.25, 0.3) is 21.8 Å². The maximum absolute atomic E-state index is 15.5. The standard InChI is InChI=1S/C29H26F2N2O7S/c1-29(2,3)40-25(34)14-17-12-23(31)26-24(13-17)33(41(37,38)20-10-8-18(30)9-11-20)16-19(39-26)15-32-27(35)21-6-4-5-7-22(21)28(32)36/h4-13,19H,14-16H2,1-3H3/t19-/m0/s1. The van der Waals surface area contributed by atoms with E-state index < -0.39 is 63.4 Å². The molecule has 0 bridgehead atoms. The van der Waals surface area contributed by atoms with Gasteiger partial charge in [-0.05, 0) is 74.9 Å². The number of ether oxygens (including phenoxy) is 2. The van der Waals surface area contributed by atoms with Gasteiger partial charge in [-0.2, -0.15) is 0 Å². The molecule has 0 unspecified atom stereocenters. The molecule has 5 rings (SSSR count). The summed E-state index contributed by atoms with van der Waals surface area (Å²) in [4.78, 5) is 39.0. The zero-order valence-electron chi connectivity index (χ0n) is 22.4. The Morgan fingerprint density at radius 1 is 1.00 bits per heavy atom. The van der Waals surface area contributed by atoms with Crippen molar-refractivity contribution in [2.75, 3.05) is 17.4 Å². The summed E-state index contributed by atoms with van der Waals surface area (Å²) >= 11 is 0. The van der Waals surface area contributed by atoms with E-state index in [1.54, 1.807) is 32.9 Å². The summed E-state index contributed by atoms with van der Waals surface area (Å²) in [6, 6.07) is 12.7. The number of amides is 2. The van der Waals surface area contributed by atoms with E-state index in [0.29, 0.717) is 0 Å². The SMILES string of the molecule is CC(C)(C)OC(=O)Cc1cc(F)c2c(c1)N(S(=O)(=O)c1ccc(F)cc1)C[C@H](CN1C(=O)c3ccccc3C1=O)O2. The van der Waals surface area contributed by atoms with E-state index in [1.165, 1.54) is 18.2 Å². The number of esters is 1. The van der Waals surface area contributed by atoms with Crippen LogP contribution in [0.15, 0.2) is 65.6 Å². The summed E-state index contributed by atoms with van der Waals surface area (Å²) in [7, 11) is -4.41. The van der Waals surface area contributed by atoms with Crippen molar-refractivity contribution in [3.8, 4) is 5.75 Å². The number of halogens is 2. The minimum Gasteiger partial charge on any atom is -0.481 e. The molecule has 2 heterocycles. The van der Waals surface area contributed by atoms with E-state index in [9.17, 15) is 27.2 Å². The second-order valence-electron chi connectivity index (χ2n) is 10.7. The molecule has 12 heteroatoms. The average Bonchev–Trinajstić information content (AvgIpc) is 3.12. The van der Waals surface area contributed by atoms with Gasteiger partial charge < -0.3 is 9.47 Å². The molecule has 2 aliphatic rings. The molecule has 0 aliphatic carbocycles. The number of carbonyl (C=O) groups is 3. The summed E-state index contributed by atoms with van der Waals surface area (Å²) in [5.74, 6) is -3.85. The van der Waals surface area contributed by atoms with E-state index in [0.717, 1.165) is 39.5 Å². The summed E-state index contributed by atoms with van der Waals surface area (Å²) in [6.45, 7) is 4.27. The predicted octanol–water partition coefficient (Wildman–Crippen LogP) is 4.10. The number of imide groups is 1. The van der Waals surface area contributed by atoms with Gasteiger partial charge in [-0.3, -0.25) is 23.6 Å². The molecule has 0 spiro atoms. The van der Waals surface area contributed by atoms with Crippen LogP contribution in [0.25, 0.3) is 0 Å². The molecule has 41 heavy (non-hydrogen) atoms. The van der Waals surface area contributed by atoms with Crippen LogP contribution in [0.1, 0.15) is 47.1 Å². The molecular weight excluding hydrogens is 558 g/mol. The summed E-state index contributed by atoms with van der Waals surface area (Å²) in [6.07, 6.45) is -1.49. The number of nitrogens with zero attached hydrogens (tertiary/aromatic N) is 2. The Morgan fingerprint density at radius 3 is 2.20 bits per heavy atom. The Balaban J connectivity index is 1.52. The minimum atomic E-state index is -4.41. The third-order valence-corrected chi connectivity index (χ3v) is 8.23. The van der Waals surface area contributed by atoms with E-state index in [1.807, 2.05) is 0 Å². The quantitative estimate of drug-likeness (QED) is 0.317. The number of rotatable bonds is 6. The highest BCUT2D eigenvalue weighted by Gasteiger charge is 2.41. The molecule has 2 amide bonds. The number of fused-ring (bicyclic) bond motifs is 2. The lowest BCUT2D eigenvalue weighted by molar-refractivity contribution is -0.153. The predicted molar refractivity (Wildman–Crippen MR) is 143 cm³/mol. The smallest absolute Gasteiger partial charge is 0.310 e. The van der Waals surface area contributed by atoms with Gasteiger partial charge in [0.15, 0.2) is 11.6 Å². The van der Waals surface area contributed by atoms with Gasteiger partial charge >= 0.3 is 5.97 Å². The van der Waals surface area contributed by atoms with Gasteiger partial charge in [-0.1, -0.05) is 12.1 Å². The van der Waals surface area contributed by atoms with Gasteiger partial charge in [-0.25, -0.2) is 17.2 Å². The Hall–Kier alpha value is -4.32. The number of benzene rings is 3. The highest BCUT2D eigenvalue weighted by Crippen LogP contribution is 2.40. The van der Waals surface area contributed by atoms with Crippen molar-refractivity contribution in [3.05, 3.63) is 89.0 Å². The van der Waals surface area contributed by atoms with E-state index in [-0.39, 0.29) is 40.2 Å². The third kappa shape index (κ3) is 5.51. The number of hydrogen-bond acceptors (Lipinski definition) is 7. The molecule has 0 radical (unpaired) electrons. The van der Waals surface area contributed by atoms with Crippen LogP contribution in [-0.2, 0) is 26.0 Å². The fourth-order valence-electron chi connectivity index (χ4n) is 4.73. The van der Waals surface area contributed by atoms with Crippen molar-refractivity contribution in [2.24, 2.45) is 0 Å². The molecule has 1 atom stereocenters. The van der Waals surface area contributed by atoms with Gasteiger partial charge in [0, 0.05) is 0 Å². The number of hydrogen-bond donors (Lipinski definition) is 0. The molecule has 0 fully saturated rings. The summed E-state index contributed by atoms with van der Waals surface area (Å²) in [5.41, 5.74) is -0.448. The van der Waals surface area contributed by atoms with Crippen LogP contribution in [0.5, 0.6) is 5.75 Å². The van der Waals surface area contributed by atoms with Crippen LogP contribution in [0.2, 0.25) is 0 Å². The van der Waals surface area contributed by atoms with Crippen molar-refractivity contribution in [3.63, 3.8) is 0 Å². The summed E-state index contributed by atoms with van der Waals surface area (Å²) in [5, 5.41) is 0. The van der Waals surface area contributed by atoms with Crippen LogP contribution in [0.3, 0.4) is 0 Å². The fourth-order valence-corrected chi connectivity index (χ4v) is 6.23. The Morgan fingerprint density at radius 2 is 1.61 bits per heavy atom. The minimum absolute atomic E-state index is 0.136. The first-order chi connectivity index (χ1) is 19.2. The Kier molecular flexibility index (Phi) is 7.06. The second-order valence-corrected chi connectivity index (χ2v) is 12.5. The van der Waals surface area contributed by atoms with Crippen molar-refractivity contribution < 1.29 is 41.1 Å². The van der Waals surface area contributed by atoms with Crippen molar-refractivity contribution in [1.29, 1.82) is 0 Å². The number of anilines is 1. The molecule has 2 aliphatic heterocycles. The second kappa shape index (κ2) is 10.3. The Labute approximate surface area is 235 Å². The van der Waals surface area contributed by atoms with Crippen molar-refractivity contribution in [1.82, 2.24) is 4.90 Å². The lowest BCUT2D eigenvalue weighted by Crippen LogP contribution is -2.49. The van der Waals surface area contributed by atoms with Crippen LogP contribution < -0.4 is 9.04 Å². The number of sulfonamides is 1. The third-order valence-electron chi connectivity index (χ3n) is 6.44. The van der Waals surface area contributed by atoms with Crippen LogP contribution in [0.4, 0.5) is 14.5 Å². The zero-order chi connectivity index (χ0) is 29.7. The average molecular weight is 585 g/mol. The first-order valence-electron chi connectivity index (χ1n) is 12.7. The first kappa shape index (κ1) is 28.2. The molecule has 0 N–H and O–H groups in total. The molecule has 0 saturated heterocycles. The van der Waals surface area contributed by atoms with Crippen LogP contribution in [-0.4, -0.2) is 55.9 Å². The number of carbonyl (C=O) groups excluding carboxylic acids is 3. The molecule has 3 aromatic rings. The largest absolute Gasteiger partial charge is 0.481 e. The molecule has 0 saturated carbocycles. The van der Waals surface area contributed by atoms with Crippen molar-refractivity contribution in [2.45, 2.75) is 43.8 Å². The monoisotopic (exact) mass is 584 g/mol.